The molecule has 0 aliphatic carbocycles. The molecular weight excluding hydrogens is 240 g/mol. The van der Waals surface area contributed by atoms with Crippen LogP contribution in [-0.2, 0) is 7.05 Å². The number of aromatic amines is 1. The molecule has 0 amide bonds. The minimum Gasteiger partial charge on any atom is -0.303 e. The predicted molar refractivity (Wildman–Crippen MR) is 65.2 cm³/mol. The van der Waals surface area contributed by atoms with E-state index in [0.717, 1.165) is 5.56 Å². The first kappa shape index (κ1) is 11.5. The Hall–Kier alpha value is -2.02. The summed E-state index contributed by atoms with van der Waals surface area (Å²) in [4.78, 5) is 10.4. The number of aromatic nitrogens is 3. The first-order chi connectivity index (χ1) is 7.99. The van der Waals surface area contributed by atoms with E-state index in [-0.39, 0.29) is 5.69 Å². The Bertz CT molecular complexity index is 644. The zero-order chi connectivity index (χ0) is 12.6. The van der Waals surface area contributed by atoms with Crippen molar-refractivity contribution in [2.75, 3.05) is 0 Å². The summed E-state index contributed by atoms with van der Waals surface area (Å²) in [5, 5.41) is 17.5. The minimum atomic E-state index is -0.419. The quantitative estimate of drug-likeness (QED) is 0.504. The van der Waals surface area contributed by atoms with Crippen LogP contribution < -0.4 is 0 Å². The molecule has 17 heavy (non-hydrogen) atoms. The lowest BCUT2D eigenvalue weighted by molar-refractivity contribution is -0.384. The van der Waals surface area contributed by atoms with Gasteiger partial charge in [-0.25, -0.2) is 0 Å². The second-order valence-corrected chi connectivity index (χ2v) is 4.11. The Morgan fingerprint density at radius 3 is 2.71 bits per heavy atom. The van der Waals surface area contributed by atoms with Gasteiger partial charge < -0.3 is 4.57 Å². The largest absolute Gasteiger partial charge is 0.303 e. The van der Waals surface area contributed by atoms with Crippen LogP contribution in [0, 0.1) is 21.8 Å². The van der Waals surface area contributed by atoms with E-state index in [1.807, 2.05) is 6.07 Å². The fourth-order valence-electron chi connectivity index (χ4n) is 1.60. The molecule has 0 spiro atoms. The van der Waals surface area contributed by atoms with Gasteiger partial charge in [0.25, 0.3) is 5.69 Å². The van der Waals surface area contributed by atoms with E-state index in [9.17, 15) is 10.1 Å². The fourth-order valence-corrected chi connectivity index (χ4v) is 1.73. The number of non-ortho nitro benzene ring substituents is 1. The molecule has 0 atom stereocenters. The van der Waals surface area contributed by atoms with Crippen molar-refractivity contribution in [3.8, 4) is 11.4 Å². The normalized spacial score (nSPS) is 10.5. The highest BCUT2D eigenvalue weighted by Crippen LogP contribution is 2.24. The lowest BCUT2D eigenvalue weighted by Gasteiger charge is -2.02. The first-order valence-corrected chi connectivity index (χ1v) is 5.27. The van der Waals surface area contributed by atoms with Gasteiger partial charge in [0.05, 0.1) is 4.92 Å². The molecule has 1 aromatic heterocycles. The maximum Gasteiger partial charge on any atom is 0.270 e. The molecule has 0 saturated heterocycles. The van der Waals surface area contributed by atoms with E-state index in [2.05, 4.69) is 10.2 Å². The summed E-state index contributed by atoms with van der Waals surface area (Å²) in [5.74, 6) is 0.585. The number of nitrogens with one attached hydrogen (secondary N) is 1. The van der Waals surface area contributed by atoms with Crippen LogP contribution in [0.1, 0.15) is 5.56 Å². The fraction of sp³-hybridized carbons (Fsp3) is 0.200. The number of aryl methyl sites for hydroxylation is 1. The smallest absolute Gasteiger partial charge is 0.270 e. The zero-order valence-corrected chi connectivity index (χ0v) is 10.1. The van der Waals surface area contributed by atoms with Crippen LogP contribution in [0.15, 0.2) is 18.2 Å². The Labute approximate surface area is 102 Å². The first-order valence-electron chi connectivity index (χ1n) is 4.87. The number of nitro groups is 1. The van der Waals surface area contributed by atoms with E-state index in [1.54, 1.807) is 18.5 Å². The van der Waals surface area contributed by atoms with Gasteiger partial charge in [0.1, 0.15) is 0 Å². The van der Waals surface area contributed by atoms with Crippen molar-refractivity contribution < 1.29 is 4.92 Å². The van der Waals surface area contributed by atoms with Crippen LogP contribution in [0.2, 0.25) is 0 Å². The van der Waals surface area contributed by atoms with E-state index >= 15 is 0 Å². The van der Waals surface area contributed by atoms with Gasteiger partial charge in [-0.3, -0.25) is 15.2 Å². The molecule has 1 heterocycles. The number of benzene rings is 1. The number of rotatable bonds is 2. The van der Waals surface area contributed by atoms with E-state index < -0.39 is 4.92 Å². The SMILES string of the molecule is Cc1cc(-c2n[nH]c(=S)n2C)cc([N+](=O)[O-])c1. The third-order valence-electron chi connectivity index (χ3n) is 2.41. The highest BCUT2D eigenvalue weighted by atomic mass is 32.1. The van der Waals surface area contributed by atoms with Gasteiger partial charge in [-0.05, 0) is 30.8 Å². The summed E-state index contributed by atoms with van der Waals surface area (Å²) in [7, 11) is 1.76. The predicted octanol–water partition coefficient (Wildman–Crippen LogP) is 2.36. The van der Waals surface area contributed by atoms with Gasteiger partial charge in [-0.1, -0.05) is 0 Å². The molecule has 88 valence electrons. The Morgan fingerprint density at radius 1 is 1.47 bits per heavy atom. The number of nitro benzene ring substituents is 1. The van der Waals surface area contributed by atoms with Gasteiger partial charge in [0.15, 0.2) is 10.6 Å². The molecule has 6 nitrogen and oxygen atoms in total. The van der Waals surface area contributed by atoms with Gasteiger partial charge >= 0.3 is 0 Å². The van der Waals surface area contributed by atoms with Crippen LogP contribution in [0.4, 0.5) is 5.69 Å². The lowest BCUT2D eigenvalue weighted by Crippen LogP contribution is -1.95. The topological polar surface area (TPSA) is 76.8 Å². The van der Waals surface area contributed by atoms with Crippen molar-refractivity contribution in [3.63, 3.8) is 0 Å². The zero-order valence-electron chi connectivity index (χ0n) is 9.30. The summed E-state index contributed by atoms with van der Waals surface area (Å²) in [6, 6.07) is 4.83. The molecule has 0 saturated carbocycles. The number of H-pyrrole nitrogens is 1. The summed E-state index contributed by atoms with van der Waals surface area (Å²) in [6.45, 7) is 1.80. The van der Waals surface area contributed by atoms with Gasteiger partial charge in [0, 0.05) is 24.7 Å². The van der Waals surface area contributed by atoms with Crippen LogP contribution in [0.25, 0.3) is 11.4 Å². The molecule has 0 aliphatic heterocycles. The molecule has 1 N–H and O–H groups in total. The average molecular weight is 250 g/mol. The Morgan fingerprint density at radius 2 is 2.18 bits per heavy atom. The molecule has 0 radical (unpaired) electrons. The Kier molecular flexibility index (Phi) is 2.76. The summed E-state index contributed by atoms with van der Waals surface area (Å²) < 4.78 is 2.15. The average Bonchev–Trinajstić information content (AvgIpc) is 2.59. The number of nitrogens with zero attached hydrogens (tertiary/aromatic N) is 3. The van der Waals surface area contributed by atoms with Crippen molar-refractivity contribution in [2.24, 2.45) is 7.05 Å². The van der Waals surface area contributed by atoms with Crippen molar-refractivity contribution >= 4 is 17.9 Å². The van der Waals surface area contributed by atoms with Crippen LogP contribution in [0.5, 0.6) is 0 Å². The third kappa shape index (κ3) is 2.09. The highest BCUT2D eigenvalue weighted by Gasteiger charge is 2.12. The molecule has 0 unspecified atom stereocenters. The molecule has 0 fully saturated rings. The standard InChI is InChI=1S/C10H10N4O2S/c1-6-3-7(5-8(4-6)14(15)16)9-11-12-10(17)13(9)2/h3-5H,1-2H3,(H,12,17). The molecule has 2 aromatic rings. The maximum atomic E-state index is 10.8. The summed E-state index contributed by atoms with van der Waals surface area (Å²) >= 11 is 5.00. The summed E-state index contributed by atoms with van der Waals surface area (Å²) in [6.07, 6.45) is 0. The van der Waals surface area contributed by atoms with Crippen molar-refractivity contribution in [1.82, 2.24) is 14.8 Å². The molecule has 1 aromatic carbocycles. The Balaban J connectivity index is 2.64. The minimum absolute atomic E-state index is 0.0499. The van der Waals surface area contributed by atoms with Gasteiger partial charge in [-0.15, -0.1) is 0 Å². The van der Waals surface area contributed by atoms with Crippen LogP contribution in [-0.4, -0.2) is 19.7 Å². The molecule has 2 rings (SSSR count). The van der Waals surface area contributed by atoms with Crippen LogP contribution >= 0.6 is 12.2 Å². The number of hydrogen-bond acceptors (Lipinski definition) is 4. The summed E-state index contributed by atoms with van der Waals surface area (Å²) in [5.41, 5.74) is 1.53. The molecule has 0 bridgehead atoms. The lowest BCUT2D eigenvalue weighted by atomic mass is 10.1. The molecule has 7 heteroatoms. The molecular formula is C10H10N4O2S. The number of hydrogen-bond donors (Lipinski definition) is 1. The maximum absolute atomic E-state index is 10.8. The molecule has 0 aliphatic rings. The van der Waals surface area contributed by atoms with E-state index in [1.165, 1.54) is 12.1 Å². The van der Waals surface area contributed by atoms with Crippen molar-refractivity contribution in [1.29, 1.82) is 0 Å². The third-order valence-corrected chi connectivity index (χ3v) is 2.78. The van der Waals surface area contributed by atoms with Crippen molar-refractivity contribution in [3.05, 3.63) is 38.6 Å². The van der Waals surface area contributed by atoms with E-state index in [4.69, 9.17) is 12.2 Å². The highest BCUT2D eigenvalue weighted by molar-refractivity contribution is 7.71. The van der Waals surface area contributed by atoms with Gasteiger partial charge in [0.2, 0.25) is 0 Å². The monoisotopic (exact) mass is 250 g/mol. The van der Waals surface area contributed by atoms with Crippen LogP contribution in [0.3, 0.4) is 0 Å². The van der Waals surface area contributed by atoms with Gasteiger partial charge in [-0.2, -0.15) is 5.10 Å². The second-order valence-electron chi connectivity index (χ2n) is 3.73. The second kappa shape index (κ2) is 4.10. The van der Waals surface area contributed by atoms with Crippen molar-refractivity contribution in [2.45, 2.75) is 6.92 Å². The van der Waals surface area contributed by atoms with E-state index in [0.29, 0.717) is 16.2 Å².